The molecular weight excluding hydrogens is 440 g/mol. The quantitative estimate of drug-likeness (QED) is 0.497. The highest BCUT2D eigenvalue weighted by atomic mass is 35.5. The van der Waals surface area contributed by atoms with E-state index in [0.717, 1.165) is 41.0 Å². The van der Waals surface area contributed by atoms with Gasteiger partial charge in [0.25, 0.3) is 0 Å². The first kappa shape index (κ1) is 23.2. The lowest BCUT2D eigenvalue weighted by molar-refractivity contribution is -0.139. The predicted octanol–water partition coefficient (Wildman–Crippen LogP) is 5.75. The zero-order chi connectivity index (χ0) is 22.4. The zero-order valence-corrected chi connectivity index (χ0v) is 19.2. The first-order valence-corrected chi connectivity index (χ1v) is 11.4. The summed E-state index contributed by atoms with van der Waals surface area (Å²) in [6.07, 6.45) is 3.04. The molecule has 3 rings (SSSR count). The second-order valence-electron chi connectivity index (χ2n) is 7.21. The molecule has 1 aromatic heterocycles. The van der Waals surface area contributed by atoms with Gasteiger partial charge in [0, 0.05) is 16.3 Å². The molecule has 0 bridgehead atoms. The summed E-state index contributed by atoms with van der Waals surface area (Å²) < 4.78 is 15.3. The summed E-state index contributed by atoms with van der Waals surface area (Å²) >= 11 is 7.70. The van der Waals surface area contributed by atoms with Gasteiger partial charge in [-0.1, -0.05) is 41.0 Å². The Morgan fingerprint density at radius 1 is 1.26 bits per heavy atom. The fourth-order valence-electron chi connectivity index (χ4n) is 3.27. The average Bonchev–Trinajstić information content (AvgIpc) is 3.40. The number of halogens is 1. The molecule has 1 N–H and O–H groups in total. The van der Waals surface area contributed by atoms with E-state index < -0.39 is 6.09 Å². The topological polar surface area (TPSA) is 90.7 Å². The molecule has 7 nitrogen and oxygen atoms in total. The van der Waals surface area contributed by atoms with E-state index >= 15 is 0 Å². The molecule has 1 aromatic carbocycles. The summed E-state index contributed by atoms with van der Waals surface area (Å²) in [7, 11) is 1.38. The molecule has 0 saturated heterocycles. The number of benzene rings is 1. The molecule has 1 aliphatic carbocycles. The SMILES string of the molecule is COC(=O)C(C)SCc1ccc(-c2nocc2NC(=O)O[C@H](C)C2=C(Cl)CCC2)cc1. The minimum Gasteiger partial charge on any atom is -0.468 e. The number of esters is 1. The number of hydrogen-bond acceptors (Lipinski definition) is 7. The van der Waals surface area contributed by atoms with Crippen LogP contribution < -0.4 is 5.32 Å². The minimum atomic E-state index is -0.592. The number of carbonyl (C=O) groups excluding carboxylic acids is 2. The second-order valence-corrected chi connectivity index (χ2v) is 8.99. The average molecular weight is 465 g/mol. The van der Waals surface area contributed by atoms with E-state index in [9.17, 15) is 9.59 Å². The van der Waals surface area contributed by atoms with E-state index in [1.54, 1.807) is 0 Å². The first-order chi connectivity index (χ1) is 14.9. The van der Waals surface area contributed by atoms with Crippen LogP contribution in [0.2, 0.25) is 0 Å². The molecule has 1 amide bonds. The molecular formula is C22H25ClN2O5S. The molecule has 1 unspecified atom stereocenters. The number of hydrogen-bond donors (Lipinski definition) is 1. The molecule has 1 aliphatic rings. The summed E-state index contributed by atoms with van der Waals surface area (Å²) in [5.74, 6) is 0.427. The minimum absolute atomic E-state index is 0.237. The first-order valence-electron chi connectivity index (χ1n) is 9.97. The number of amides is 1. The van der Waals surface area contributed by atoms with Crippen LogP contribution >= 0.6 is 23.4 Å². The maximum absolute atomic E-state index is 12.3. The zero-order valence-electron chi connectivity index (χ0n) is 17.6. The van der Waals surface area contributed by atoms with Crippen LogP contribution in [0.4, 0.5) is 10.5 Å². The number of carbonyl (C=O) groups is 2. The van der Waals surface area contributed by atoms with Crippen LogP contribution in [-0.2, 0) is 20.0 Å². The Hall–Kier alpha value is -2.45. The van der Waals surface area contributed by atoms with Gasteiger partial charge in [-0.05, 0) is 44.2 Å². The molecule has 2 aromatic rings. The molecule has 166 valence electrons. The van der Waals surface area contributed by atoms with Crippen LogP contribution in [0.3, 0.4) is 0 Å². The highest BCUT2D eigenvalue weighted by molar-refractivity contribution is 7.99. The Balaban J connectivity index is 1.60. The van der Waals surface area contributed by atoms with E-state index in [-0.39, 0.29) is 17.3 Å². The van der Waals surface area contributed by atoms with Crippen molar-refractivity contribution in [3.8, 4) is 11.3 Å². The molecule has 0 saturated carbocycles. The van der Waals surface area contributed by atoms with Crippen LogP contribution in [-0.4, -0.2) is 35.7 Å². The van der Waals surface area contributed by atoms with Gasteiger partial charge in [-0.3, -0.25) is 10.1 Å². The van der Waals surface area contributed by atoms with Crippen molar-refractivity contribution in [1.29, 1.82) is 0 Å². The predicted molar refractivity (Wildman–Crippen MR) is 121 cm³/mol. The van der Waals surface area contributed by atoms with E-state index in [2.05, 4.69) is 10.5 Å². The lowest BCUT2D eigenvalue weighted by Gasteiger charge is -2.15. The van der Waals surface area contributed by atoms with Crippen molar-refractivity contribution in [1.82, 2.24) is 5.16 Å². The van der Waals surface area contributed by atoms with Gasteiger partial charge in [-0.2, -0.15) is 0 Å². The van der Waals surface area contributed by atoms with E-state index in [1.807, 2.05) is 38.1 Å². The van der Waals surface area contributed by atoms with Gasteiger partial charge in [0.15, 0.2) is 0 Å². The standard InChI is InChI=1S/C22H25ClN2O5S/c1-13(17-5-4-6-18(17)23)30-22(27)24-19-11-29-25-20(19)16-9-7-15(8-10-16)12-31-14(2)21(26)28-3/h7-11,13-14H,4-6,12H2,1-3H3,(H,24,27)/t13-,14?/m1/s1. The third-order valence-electron chi connectivity index (χ3n) is 5.03. The van der Waals surface area contributed by atoms with Gasteiger partial charge in [-0.25, -0.2) is 4.79 Å². The Kier molecular flexibility index (Phi) is 8.03. The van der Waals surface area contributed by atoms with Crippen molar-refractivity contribution in [2.45, 2.75) is 50.2 Å². The van der Waals surface area contributed by atoms with Crippen LogP contribution in [0.15, 0.2) is 45.7 Å². The summed E-state index contributed by atoms with van der Waals surface area (Å²) in [5.41, 5.74) is 3.73. The molecule has 0 spiro atoms. The van der Waals surface area contributed by atoms with Gasteiger partial charge in [0.05, 0.1) is 12.4 Å². The summed E-state index contributed by atoms with van der Waals surface area (Å²) in [6, 6.07) is 7.66. The molecule has 9 heteroatoms. The Morgan fingerprint density at radius 3 is 2.65 bits per heavy atom. The largest absolute Gasteiger partial charge is 0.468 e. The van der Waals surface area contributed by atoms with Gasteiger partial charge >= 0.3 is 12.1 Å². The molecule has 0 fully saturated rings. The summed E-state index contributed by atoms with van der Waals surface area (Å²) in [5, 5.41) is 7.24. The number of nitrogens with zero attached hydrogens (tertiary/aromatic N) is 1. The highest BCUT2D eigenvalue weighted by Crippen LogP contribution is 2.33. The number of nitrogens with one attached hydrogen (secondary N) is 1. The van der Waals surface area contributed by atoms with Crippen molar-refractivity contribution in [3.63, 3.8) is 0 Å². The van der Waals surface area contributed by atoms with Crippen molar-refractivity contribution in [2.24, 2.45) is 0 Å². The van der Waals surface area contributed by atoms with Crippen molar-refractivity contribution in [3.05, 3.63) is 46.7 Å². The van der Waals surface area contributed by atoms with Gasteiger partial charge in [-0.15, -0.1) is 11.8 Å². The maximum Gasteiger partial charge on any atom is 0.412 e. The van der Waals surface area contributed by atoms with Crippen LogP contribution in [0.5, 0.6) is 0 Å². The molecule has 1 heterocycles. The van der Waals surface area contributed by atoms with Crippen LogP contribution in [0.25, 0.3) is 11.3 Å². The fraction of sp³-hybridized carbons (Fsp3) is 0.409. The normalized spacial score (nSPS) is 15.5. The van der Waals surface area contributed by atoms with Crippen molar-refractivity contribution < 1.29 is 23.6 Å². The number of aromatic nitrogens is 1. The highest BCUT2D eigenvalue weighted by Gasteiger charge is 2.22. The smallest absolute Gasteiger partial charge is 0.412 e. The second kappa shape index (κ2) is 10.7. The van der Waals surface area contributed by atoms with Crippen molar-refractivity contribution in [2.75, 3.05) is 12.4 Å². The number of allylic oxidation sites excluding steroid dienone is 1. The number of rotatable bonds is 8. The maximum atomic E-state index is 12.3. The molecule has 0 aliphatic heterocycles. The number of methoxy groups -OCH3 is 1. The monoisotopic (exact) mass is 464 g/mol. The van der Waals surface area contributed by atoms with Gasteiger partial charge in [0.1, 0.15) is 23.7 Å². The van der Waals surface area contributed by atoms with Gasteiger partial charge in [0.2, 0.25) is 0 Å². The van der Waals surface area contributed by atoms with Crippen molar-refractivity contribution >= 4 is 41.1 Å². The van der Waals surface area contributed by atoms with Gasteiger partial charge < -0.3 is 14.0 Å². The summed E-state index contributed by atoms with van der Waals surface area (Å²) in [6.45, 7) is 3.63. The van der Waals surface area contributed by atoms with E-state index in [0.29, 0.717) is 17.1 Å². The van der Waals surface area contributed by atoms with Crippen LogP contribution in [0.1, 0.15) is 38.7 Å². The Morgan fingerprint density at radius 2 is 2.00 bits per heavy atom. The third-order valence-corrected chi connectivity index (χ3v) is 6.66. The third kappa shape index (κ3) is 6.04. The fourth-order valence-corrected chi connectivity index (χ4v) is 4.52. The lowest BCUT2D eigenvalue weighted by atomic mass is 10.1. The number of anilines is 1. The molecule has 2 atom stereocenters. The Labute approximate surface area is 190 Å². The molecule has 0 radical (unpaired) electrons. The Bertz CT molecular complexity index is 957. The summed E-state index contributed by atoms with van der Waals surface area (Å²) in [4.78, 5) is 23.9. The van der Waals surface area contributed by atoms with Crippen LogP contribution in [0, 0.1) is 0 Å². The van der Waals surface area contributed by atoms with E-state index in [1.165, 1.54) is 25.1 Å². The van der Waals surface area contributed by atoms with E-state index in [4.69, 9.17) is 25.6 Å². The number of ether oxygens (including phenoxy) is 2. The number of thioether (sulfide) groups is 1. The lowest BCUT2D eigenvalue weighted by Crippen LogP contribution is -2.21. The molecule has 31 heavy (non-hydrogen) atoms.